The van der Waals surface area contributed by atoms with Crippen LogP contribution in [0.2, 0.25) is 0 Å². The average molecular weight is 548 g/mol. The molecule has 2 amide bonds. The molecular weight excluding hydrogens is 522 g/mol. The van der Waals surface area contributed by atoms with Crippen molar-refractivity contribution < 1.29 is 45.0 Å². The number of hydrogen-bond acceptors (Lipinski definition) is 6. The lowest BCUT2D eigenvalue weighted by Crippen LogP contribution is -2.52. The van der Waals surface area contributed by atoms with Gasteiger partial charge in [0.25, 0.3) is 10.0 Å². The van der Waals surface area contributed by atoms with E-state index in [1.54, 1.807) is 6.92 Å². The first-order valence-electron chi connectivity index (χ1n) is 10.9. The van der Waals surface area contributed by atoms with E-state index in [4.69, 9.17) is 4.74 Å². The molecule has 1 heterocycles. The van der Waals surface area contributed by atoms with Gasteiger partial charge in [-0.1, -0.05) is 0 Å². The molecule has 0 bridgehead atoms. The molecule has 202 valence electrons. The highest BCUT2D eigenvalue weighted by atomic mass is 32.2. The van der Waals surface area contributed by atoms with E-state index >= 15 is 0 Å². The summed E-state index contributed by atoms with van der Waals surface area (Å²) in [4.78, 5) is 23.4. The molecule has 0 spiro atoms. The van der Waals surface area contributed by atoms with Gasteiger partial charge in [-0.15, -0.1) is 0 Å². The molecule has 14 heteroatoms. The average Bonchev–Trinajstić information content (AvgIpc) is 2.77. The van der Waals surface area contributed by atoms with E-state index in [-0.39, 0.29) is 34.5 Å². The van der Waals surface area contributed by atoms with Gasteiger partial charge in [-0.3, -0.25) is 14.4 Å². The van der Waals surface area contributed by atoms with Crippen LogP contribution in [0.4, 0.5) is 33.7 Å². The summed E-state index contributed by atoms with van der Waals surface area (Å²) in [5.41, 5.74) is -2.89. The number of sulfonamides is 1. The first-order chi connectivity index (χ1) is 17.0. The molecule has 1 aliphatic heterocycles. The Hall–Kier alpha value is -3.55. The minimum Gasteiger partial charge on any atom is -0.484 e. The van der Waals surface area contributed by atoms with Crippen LogP contribution in [0.15, 0.2) is 47.4 Å². The fraction of sp³-hybridized carbons (Fsp3) is 0.391. The van der Waals surface area contributed by atoms with E-state index in [0.717, 1.165) is 28.6 Å². The van der Waals surface area contributed by atoms with E-state index in [9.17, 15) is 35.6 Å². The number of alkyl halides is 3. The van der Waals surface area contributed by atoms with E-state index in [2.05, 4.69) is 15.4 Å². The van der Waals surface area contributed by atoms with Crippen molar-refractivity contribution in [3.05, 3.63) is 48.3 Å². The molecule has 9 nitrogen and oxygen atoms in total. The second-order valence-electron chi connectivity index (χ2n) is 8.84. The second-order valence-corrected chi connectivity index (χ2v) is 10.7. The fourth-order valence-electron chi connectivity index (χ4n) is 3.42. The van der Waals surface area contributed by atoms with Gasteiger partial charge in [0, 0.05) is 12.6 Å². The van der Waals surface area contributed by atoms with Gasteiger partial charge >= 0.3 is 12.3 Å². The Bertz CT molecular complexity index is 1280. The van der Waals surface area contributed by atoms with Crippen molar-refractivity contribution >= 4 is 33.4 Å². The number of anilines is 2. The number of nitrogens with one attached hydrogen (secondary N) is 2. The number of amides is 2. The van der Waals surface area contributed by atoms with Crippen LogP contribution in [0, 0.1) is 5.82 Å². The topological polar surface area (TPSA) is 114 Å². The summed E-state index contributed by atoms with van der Waals surface area (Å²) >= 11 is 0. The fourth-order valence-corrected chi connectivity index (χ4v) is 4.90. The number of carbonyl (C=O) groups is 2. The third kappa shape index (κ3) is 6.24. The van der Waals surface area contributed by atoms with Gasteiger partial charge in [0.05, 0.1) is 23.2 Å². The molecule has 0 aliphatic carbocycles. The van der Waals surface area contributed by atoms with Crippen LogP contribution in [0.1, 0.15) is 27.7 Å². The van der Waals surface area contributed by atoms with Crippen LogP contribution >= 0.6 is 0 Å². The monoisotopic (exact) mass is 547 g/mol. The molecule has 2 N–H and O–H groups in total. The Morgan fingerprint density at radius 2 is 1.76 bits per heavy atom. The molecule has 3 rings (SSSR count). The van der Waals surface area contributed by atoms with Crippen molar-refractivity contribution in [3.63, 3.8) is 0 Å². The maximum atomic E-state index is 13.5. The molecule has 2 atom stereocenters. The Labute approximate surface area is 210 Å². The van der Waals surface area contributed by atoms with Crippen LogP contribution in [0.5, 0.6) is 5.75 Å². The highest BCUT2D eigenvalue weighted by molar-refractivity contribution is 7.92. The normalized spacial score (nSPS) is 16.8. The number of rotatable bonds is 6. The number of hydrogen-bond donors (Lipinski definition) is 2. The number of nitrogens with zero attached hydrogens (tertiary/aromatic N) is 1. The van der Waals surface area contributed by atoms with Crippen molar-refractivity contribution in [2.45, 2.75) is 56.5 Å². The van der Waals surface area contributed by atoms with Gasteiger partial charge in [0.15, 0.2) is 0 Å². The van der Waals surface area contributed by atoms with Gasteiger partial charge in [0.2, 0.25) is 11.5 Å². The first kappa shape index (κ1) is 28.0. The lowest BCUT2D eigenvalue weighted by molar-refractivity contribution is -0.242. The van der Waals surface area contributed by atoms with E-state index in [1.807, 2.05) is 0 Å². The van der Waals surface area contributed by atoms with Crippen LogP contribution in [-0.2, 0) is 19.6 Å². The maximum absolute atomic E-state index is 13.5. The molecule has 0 saturated carbocycles. The highest BCUT2D eigenvalue weighted by Gasteiger charge is 2.51. The summed E-state index contributed by atoms with van der Waals surface area (Å²) < 4.78 is 91.0. The zero-order chi connectivity index (χ0) is 27.8. The maximum Gasteiger partial charge on any atom is 0.427 e. The third-order valence-corrected chi connectivity index (χ3v) is 7.31. The van der Waals surface area contributed by atoms with Gasteiger partial charge in [0.1, 0.15) is 17.7 Å². The van der Waals surface area contributed by atoms with Crippen molar-refractivity contribution in [2.75, 3.05) is 16.2 Å². The molecule has 1 aliphatic rings. The Balaban J connectivity index is 1.98. The number of ether oxygens (including phenoxy) is 2. The third-order valence-electron chi connectivity index (χ3n) is 5.52. The summed E-state index contributed by atoms with van der Waals surface area (Å²) in [6, 6.07) is 7.28. The van der Waals surface area contributed by atoms with Crippen molar-refractivity contribution in [1.29, 1.82) is 0 Å². The van der Waals surface area contributed by atoms with E-state index in [0.29, 0.717) is 13.8 Å². The minimum atomic E-state index is -4.83. The number of carbonyl (C=O) groups excluding carboxylic acids is 2. The molecule has 2 aromatic carbocycles. The molecule has 0 aromatic heterocycles. The van der Waals surface area contributed by atoms with Gasteiger partial charge in [-0.2, -0.15) is 13.2 Å². The lowest BCUT2D eigenvalue weighted by atomic mass is 10.1. The van der Waals surface area contributed by atoms with Gasteiger partial charge in [-0.05, 0) is 63.2 Å². The van der Waals surface area contributed by atoms with Gasteiger partial charge in [-0.25, -0.2) is 17.6 Å². The predicted octanol–water partition coefficient (Wildman–Crippen LogP) is 4.20. The minimum absolute atomic E-state index is 0.0384. The SMILES string of the molecule is CC(=O)N[C@@H](C)[C@H]1CN(S(=O)(=O)c2ccc(F)cc2)c2cc(NC(=O)OC(C)(C)C(F)(F)F)ccc2O1. The largest absolute Gasteiger partial charge is 0.484 e. The van der Waals surface area contributed by atoms with Crippen molar-refractivity contribution in [1.82, 2.24) is 5.32 Å². The first-order valence-corrected chi connectivity index (χ1v) is 12.4. The Morgan fingerprint density at radius 1 is 1.14 bits per heavy atom. The Morgan fingerprint density at radius 3 is 2.32 bits per heavy atom. The highest BCUT2D eigenvalue weighted by Crippen LogP contribution is 2.40. The molecule has 0 fully saturated rings. The quantitative estimate of drug-likeness (QED) is 0.525. The molecule has 37 heavy (non-hydrogen) atoms. The molecule has 0 saturated heterocycles. The number of halogens is 4. The van der Waals surface area contributed by atoms with Crippen LogP contribution in [0.3, 0.4) is 0 Å². The van der Waals surface area contributed by atoms with E-state index < -0.39 is 45.9 Å². The summed E-state index contributed by atoms with van der Waals surface area (Å²) in [5.74, 6) is -0.950. The predicted molar refractivity (Wildman–Crippen MR) is 125 cm³/mol. The summed E-state index contributed by atoms with van der Waals surface area (Å²) in [5, 5.41) is 4.79. The van der Waals surface area contributed by atoms with E-state index in [1.165, 1.54) is 25.1 Å². The van der Waals surface area contributed by atoms with Crippen LogP contribution < -0.4 is 19.7 Å². The zero-order valence-electron chi connectivity index (χ0n) is 20.2. The van der Waals surface area contributed by atoms with Crippen LogP contribution in [0.25, 0.3) is 0 Å². The summed E-state index contributed by atoms with van der Waals surface area (Å²) in [6.07, 6.45) is -7.07. The zero-order valence-corrected chi connectivity index (χ0v) is 21.0. The van der Waals surface area contributed by atoms with Crippen molar-refractivity contribution in [3.8, 4) is 5.75 Å². The molecule has 0 radical (unpaired) electrons. The van der Waals surface area contributed by atoms with Gasteiger partial charge < -0.3 is 14.8 Å². The van der Waals surface area contributed by atoms with Crippen molar-refractivity contribution in [2.24, 2.45) is 0 Å². The van der Waals surface area contributed by atoms with Crippen LogP contribution in [-0.4, -0.2) is 50.9 Å². The lowest BCUT2D eigenvalue weighted by Gasteiger charge is -2.38. The summed E-state index contributed by atoms with van der Waals surface area (Å²) in [6.45, 7) is 4.00. The standard InChI is InChI=1S/C23H25F4N3O6S/c1-13(28-14(2)31)20-12-30(37(33,34)17-8-5-15(24)6-9-17)18-11-16(7-10-19(18)35-20)29-21(32)36-22(3,4)23(25,26)27/h5-11,13,20H,12H2,1-4H3,(H,28,31)(H,29,32)/t13-,20+/m0/s1. The molecule has 2 aromatic rings. The molecular formula is C23H25F4N3O6S. The Kier molecular flexibility index (Phi) is 7.63. The summed E-state index contributed by atoms with van der Waals surface area (Å²) in [7, 11) is -4.30. The molecule has 0 unspecified atom stereocenters. The number of fused-ring (bicyclic) bond motifs is 1. The number of benzene rings is 2. The smallest absolute Gasteiger partial charge is 0.427 e. The second kappa shape index (κ2) is 10.1.